The number of pyridine rings is 1. The highest BCUT2D eigenvalue weighted by Crippen LogP contribution is 2.35. The summed E-state index contributed by atoms with van der Waals surface area (Å²) in [6.07, 6.45) is 8.62. The Labute approximate surface area is 160 Å². The van der Waals surface area contributed by atoms with E-state index in [0.29, 0.717) is 18.8 Å². The van der Waals surface area contributed by atoms with Crippen molar-refractivity contribution in [2.45, 2.75) is 50.5 Å². The zero-order valence-electron chi connectivity index (χ0n) is 15.9. The number of nitrogens with zero attached hydrogens (tertiary/aromatic N) is 3. The SMILES string of the molecule is O=C(c1ccccn1)N1CCC(C(=O)N2CCC3(CCCCO3)CC2)CC1. The molecule has 3 aliphatic heterocycles. The van der Waals surface area contributed by atoms with Gasteiger partial charge in [0.25, 0.3) is 5.91 Å². The van der Waals surface area contributed by atoms with Crippen LogP contribution in [0, 0.1) is 5.92 Å². The monoisotopic (exact) mass is 371 g/mol. The molecule has 3 saturated heterocycles. The van der Waals surface area contributed by atoms with E-state index in [2.05, 4.69) is 4.98 Å². The lowest BCUT2D eigenvalue weighted by molar-refractivity contribution is -0.147. The summed E-state index contributed by atoms with van der Waals surface area (Å²) < 4.78 is 6.07. The van der Waals surface area contributed by atoms with Crippen LogP contribution in [0.1, 0.15) is 55.4 Å². The number of carbonyl (C=O) groups excluding carboxylic acids is 2. The molecule has 1 spiro atoms. The molecule has 0 saturated carbocycles. The maximum atomic E-state index is 12.9. The molecule has 0 atom stereocenters. The van der Waals surface area contributed by atoms with Crippen molar-refractivity contribution in [1.82, 2.24) is 14.8 Å². The number of hydrogen-bond acceptors (Lipinski definition) is 4. The summed E-state index contributed by atoms with van der Waals surface area (Å²) in [7, 11) is 0. The highest BCUT2D eigenvalue weighted by atomic mass is 16.5. The average molecular weight is 371 g/mol. The van der Waals surface area contributed by atoms with Crippen molar-refractivity contribution in [1.29, 1.82) is 0 Å². The molecule has 6 nitrogen and oxygen atoms in total. The molecule has 0 N–H and O–H groups in total. The van der Waals surface area contributed by atoms with Gasteiger partial charge in [-0.25, -0.2) is 0 Å². The fraction of sp³-hybridized carbons (Fsp3) is 0.667. The van der Waals surface area contributed by atoms with Gasteiger partial charge in [-0.3, -0.25) is 14.6 Å². The van der Waals surface area contributed by atoms with E-state index in [9.17, 15) is 9.59 Å². The molecular weight excluding hydrogens is 342 g/mol. The first-order valence-corrected chi connectivity index (χ1v) is 10.3. The van der Waals surface area contributed by atoms with Crippen LogP contribution in [0.4, 0.5) is 0 Å². The van der Waals surface area contributed by atoms with Crippen LogP contribution in [0.3, 0.4) is 0 Å². The van der Waals surface area contributed by atoms with Crippen molar-refractivity contribution >= 4 is 11.8 Å². The molecule has 4 rings (SSSR count). The number of amides is 2. The van der Waals surface area contributed by atoms with Gasteiger partial charge in [0, 0.05) is 44.9 Å². The molecule has 6 heteroatoms. The molecule has 4 heterocycles. The van der Waals surface area contributed by atoms with Crippen LogP contribution in [-0.4, -0.2) is 65.0 Å². The molecule has 2 amide bonds. The van der Waals surface area contributed by atoms with E-state index in [1.165, 1.54) is 12.8 Å². The number of carbonyl (C=O) groups is 2. The van der Waals surface area contributed by atoms with Gasteiger partial charge in [-0.15, -0.1) is 0 Å². The van der Waals surface area contributed by atoms with Crippen LogP contribution >= 0.6 is 0 Å². The molecule has 0 unspecified atom stereocenters. The van der Waals surface area contributed by atoms with Crippen molar-refractivity contribution in [3.63, 3.8) is 0 Å². The summed E-state index contributed by atoms with van der Waals surface area (Å²) in [5.74, 6) is 0.278. The van der Waals surface area contributed by atoms with Crippen LogP contribution in [0.5, 0.6) is 0 Å². The summed E-state index contributed by atoms with van der Waals surface area (Å²) >= 11 is 0. The van der Waals surface area contributed by atoms with Crippen LogP contribution in [0.15, 0.2) is 24.4 Å². The van der Waals surface area contributed by atoms with Gasteiger partial charge in [0.05, 0.1) is 5.60 Å². The quantitative estimate of drug-likeness (QED) is 0.801. The molecule has 1 aromatic rings. The Morgan fingerprint density at radius 2 is 1.78 bits per heavy atom. The van der Waals surface area contributed by atoms with E-state index in [4.69, 9.17) is 4.74 Å². The second kappa shape index (κ2) is 7.97. The molecule has 0 bridgehead atoms. The lowest BCUT2D eigenvalue weighted by Gasteiger charge is -2.45. The second-order valence-corrected chi connectivity index (χ2v) is 8.10. The summed E-state index contributed by atoms with van der Waals surface area (Å²) in [6.45, 7) is 3.76. The van der Waals surface area contributed by atoms with E-state index < -0.39 is 0 Å². The third-order valence-electron chi connectivity index (χ3n) is 6.44. The van der Waals surface area contributed by atoms with Crippen LogP contribution < -0.4 is 0 Å². The standard InChI is InChI=1S/C21H29N3O3/c25-19(24-14-9-21(10-15-24)8-2-4-16-27-21)17-6-12-23(13-7-17)20(26)18-5-1-3-11-22-18/h1,3,5,11,17H,2,4,6-10,12-16H2. The molecule has 1 aromatic heterocycles. The largest absolute Gasteiger partial charge is 0.375 e. The van der Waals surface area contributed by atoms with E-state index in [-0.39, 0.29) is 23.3 Å². The number of rotatable bonds is 2. The predicted octanol–water partition coefficient (Wildman–Crippen LogP) is 2.50. The lowest BCUT2D eigenvalue weighted by atomic mass is 9.84. The van der Waals surface area contributed by atoms with Crippen LogP contribution in [-0.2, 0) is 9.53 Å². The Kier molecular flexibility index (Phi) is 5.43. The van der Waals surface area contributed by atoms with Gasteiger partial charge >= 0.3 is 0 Å². The van der Waals surface area contributed by atoms with E-state index in [1.807, 2.05) is 21.9 Å². The molecule has 146 valence electrons. The minimum Gasteiger partial charge on any atom is -0.375 e. The van der Waals surface area contributed by atoms with Gasteiger partial charge in [0.2, 0.25) is 5.91 Å². The Balaban J connectivity index is 1.27. The van der Waals surface area contributed by atoms with Crippen molar-refractivity contribution in [2.24, 2.45) is 5.92 Å². The van der Waals surface area contributed by atoms with E-state index in [1.54, 1.807) is 12.3 Å². The Hall–Kier alpha value is -1.95. The van der Waals surface area contributed by atoms with E-state index >= 15 is 0 Å². The number of ether oxygens (including phenoxy) is 1. The molecule has 3 fully saturated rings. The maximum absolute atomic E-state index is 12.9. The summed E-state index contributed by atoms with van der Waals surface area (Å²) in [4.78, 5) is 33.4. The highest BCUT2D eigenvalue weighted by Gasteiger charge is 2.39. The number of hydrogen-bond donors (Lipinski definition) is 0. The smallest absolute Gasteiger partial charge is 0.272 e. The van der Waals surface area contributed by atoms with Crippen molar-refractivity contribution in [3.05, 3.63) is 30.1 Å². The van der Waals surface area contributed by atoms with Crippen molar-refractivity contribution in [3.8, 4) is 0 Å². The zero-order chi connectivity index (χ0) is 18.7. The van der Waals surface area contributed by atoms with Crippen LogP contribution in [0.2, 0.25) is 0 Å². The van der Waals surface area contributed by atoms with Gasteiger partial charge in [0.1, 0.15) is 5.69 Å². The number of likely N-dealkylation sites (tertiary alicyclic amines) is 2. The predicted molar refractivity (Wildman–Crippen MR) is 101 cm³/mol. The summed E-state index contributed by atoms with van der Waals surface area (Å²) in [5.41, 5.74) is 0.518. The minimum atomic E-state index is -0.0316. The minimum absolute atomic E-state index is 0.0316. The first-order chi connectivity index (χ1) is 13.2. The molecule has 0 radical (unpaired) electrons. The average Bonchev–Trinajstić information content (AvgIpc) is 2.75. The Morgan fingerprint density at radius 1 is 1.00 bits per heavy atom. The van der Waals surface area contributed by atoms with Crippen molar-refractivity contribution < 1.29 is 14.3 Å². The van der Waals surface area contributed by atoms with Crippen molar-refractivity contribution in [2.75, 3.05) is 32.8 Å². The van der Waals surface area contributed by atoms with Gasteiger partial charge in [-0.2, -0.15) is 0 Å². The fourth-order valence-corrected chi connectivity index (χ4v) is 4.68. The van der Waals surface area contributed by atoms with Crippen LogP contribution in [0.25, 0.3) is 0 Å². The first kappa shape index (κ1) is 18.4. The molecule has 3 aliphatic rings. The van der Waals surface area contributed by atoms with Gasteiger partial charge < -0.3 is 14.5 Å². The first-order valence-electron chi connectivity index (χ1n) is 10.3. The third kappa shape index (κ3) is 4.00. The van der Waals surface area contributed by atoms with Gasteiger partial charge in [-0.05, 0) is 57.1 Å². The normalized spacial score (nSPS) is 23.4. The second-order valence-electron chi connectivity index (χ2n) is 8.10. The van der Waals surface area contributed by atoms with E-state index in [0.717, 1.165) is 51.8 Å². The molecule has 27 heavy (non-hydrogen) atoms. The maximum Gasteiger partial charge on any atom is 0.272 e. The van der Waals surface area contributed by atoms with Gasteiger partial charge in [0.15, 0.2) is 0 Å². The number of piperidine rings is 2. The summed E-state index contributed by atoms with van der Waals surface area (Å²) in [5, 5.41) is 0. The highest BCUT2D eigenvalue weighted by molar-refractivity contribution is 5.92. The van der Waals surface area contributed by atoms with Gasteiger partial charge in [-0.1, -0.05) is 6.07 Å². The molecular formula is C21H29N3O3. The lowest BCUT2D eigenvalue weighted by Crippen LogP contribution is -2.52. The molecule has 0 aliphatic carbocycles. The summed E-state index contributed by atoms with van der Waals surface area (Å²) in [6, 6.07) is 5.38. The molecule has 0 aromatic carbocycles. The zero-order valence-corrected chi connectivity index (χ0v) is 15.9. The fourth-order valence-electron chi connectivity index (χ4n) is 4.68. The topological polar surface area (TPSA) is 62.7 Å². The Morgan fingerprint density at radius 3 is 2.41 bits per heavy atom. The number of aromatic nitrogens is 1. The Bertz CT molecular complexity index is 655. The third-order valence-corrected chi connectivity index (χ3v) is 6.44.